The van der Waals surface area contributed by atoms with Crippen LogP contribution in [0.25, 0.3) is 0 Å². The van der Waals surface area contributed by atoms with Gasteiger partial charge in [-0.15, -0.1) is 0 Å². The smallest absolute Gasteiger partial charge is 0.268 e. The van der Waals surface area contributed by atoms with Crippen molar-refractivity contribution in [2.45, 2.75) is 18.7 Å². The highest BCUT2D eigenvalue weighted by molar-refractivity contribution is 7.90. The van der Waals surface area contributed by atoms with E-state index < -0.39 is 33.0 Å². The van der Waals surface area contributed by atoms with E-state index in [1.807, 2.05) is 6.92 Å². The number of benzene rings is 2. The average molecular weight is 409 g/mol. The van der Waals surface area contributed by atoms with E-state index in [2.05, 4.69) is 0 Å². The van der Waals surface area contributed by atoms with Gasteiger partial charge in [-0.3, -0.25) is 4.79 Å². The second kappa shape index (κ2) is 6.79. The minimum absolute atomic E-state index is 0.0955. The molecule has 3 rings (SSSR count). The number of rotatable bonds is 3. The van der Waals surface area contributed by atoms with Crippen LogP contribution in [0.1, 0.15) is 21.5 Å². The highest BCUT2D eigenvalue weighted by atomic mass is 35.5. The molecule has 3 aromatic rings. The zero-order valence-electron chi connectivity index (χ0n) is 14.3. The van der Waals surface area contributed by atoms with Crippen molar-refractivity contribution in [1.29, 1.82) is 0 Å². The standard InChI is InChI=1S/C18H14ClFN2O4S/c1-11-6-7-13(10-12(11)2)27(25,26)22-9-8-21(18(22)24)17(23)16-14(19)4-3-5-15(16)20/h3-10H,1-2H3. The lowest BCUT2D eigenvalue weighted by Crippen LogP contribution is -2.33. The van der Waals surface area contributed by atoms with Gasteiger partial charge < -0.3 is 0 Å². The SMILES string of the molecule is Cc1ccc(S(=O)(=O)n2ccn(C(=O)c3c(F)cccc3Cl)c2=O)cc1C. The van der Waals surface area contributed by atoms with E-state index in [0.717, 1.165) is 29.6 Å². The van der Waals surface area contributed by atoms with Crippen LogP contribution in [0.4, 0.5) is 4.39 Å². The number of hydrogen-bond acceptors (Lipinski definition) is 4. The molecule has 27 heavy (non-hydrogen) atoms. The van der Waals surface area contributed by atoms with Crippen LogP contribution in [-0.2, 0) is 10.0 Å². The highest BCUT2D eigenvalue weighted by Crippen LogP contribution is 2.20. The number of nitrogens with zero attached hydrogens (tertiary/aromatic N) is 2. The first-order chi connectivity index (χ1) is 12.6. The van der Waals surface area contributed by atoms with Crippen molar-refractivity contribution in [3.05, 3.63) is 86.8 Å². The molecule has 0 atom stereocenters. The second-order valence-electron chi connectivity index (χ2n) is 5.90. The van der Waals surface area contributed by atoms with E-state index in [-0.39, 0.29) is 9.92 Å². The van der Waals surface area contributed by atoms with Crippen molar-refractivity contribution in [2.24, 2.45) is 0 Å². The van der Waals surface area contributed by atoms with Gasteiger partial charge in [-0.05, 0) is 49.2 Å². The number of halogens is 2. The first-order valence-electron chi connectivity index (χ1n) is 7.76. The maximum atomic E-state index is 14.0. The summed E-state index contributed by atoms with van der Waals surface area (Å²) in [6, 6.07) is 8.06. The van der Waals surface area contributed by atoms with E-state index in [1.165, 1.54) is 24.3 Å². The number of aromatic nitrogens is 2. The van der Waals surface area contributed by atoms with Crippen LogP contribution >= 0.6 is 11.6 Å². The van der Waals surface area contributed by atoms with Gasteiger partial charge in [-0.1, -0.05) is 23.7 Å². The maximum absolute atomic E-state index is 14.0. The average Bonchev–Trinajstić information content (AvgIpc) is 2.99. The van der Waals surface area contributed by atoms with E-state index in [9.17, 15) is 22.4 Å². The minimum atomic E-state index is -4.22. The zero-order chi connectivity index (χ0) is 19.9. The normalized spacial score (nSPS) is 11.6. The third kappa shape index (κ3) is 3.22. The Morgan fingerprint density at radius 2 is 1.78 bits per heavy atom. The molecule has 2 aromatic carbocycles. The molecule has 0 amide bonds. The Morgan fingerprint density at radius 3 is 2.41 bits per heavy atom. The Labute approximate surface area is 159 Å². The van der Waals surface area contributed by atoms with E-state index in [1.54, 1.807) is 13.0 Å². The Balaban J connectivity index is 2.11. The summed E-state index contributed by atoms with van der Waals surface area (Å²) in [6.07, 6.45) is 1.91. The monoisotopic (exact) mass is 408 g/mol. The van der Waals surface area contributed by atoms with Crippen molar-refractivity contribution in [3.63, 3.8) is 0 Å². The summed E-state index contributed by atoms with van der Waals surface area (Å²) in [5.74, 6) is -1.97. The van der Waals surface area contributed by atoms with E-state index >= 15 is 0 Å². The molecule has 9 heteroatoms. The predicted octanol–water partition coefficient (Wildman–Crippen LogP) is 2.98. The van der Waals surface area contributed by atoms with E-state index in [4.69, 9.17) is 11.6 Å². The lowest BCUT2D eigenvalue weighted by atomic mass is 10.1. The third-order valence-electron chi connectivity index (χ3n) is 4.18. The zero-order valence-corrected chi connectivity index (χ0v) is 15.9. The number of carbonyl (C=O) groups excluding carboxylic acids is 1. The topological polar surface area (TPSA) is 78.1 Å². The molecule has 140 valence electrons. The summed E-state index contributed by atoms with van der Waals surface area (Å²) in [7, 11) is -4.22. The van der Waals surface area contributed by atoms with E-state index in [0.29, 0.717) is 8.54 Å². The van der Waals surface area contributed by atoms with Crippen LogP contribution < -0.4 is 5.69 Å². The molecule has 0 aliphatic heterocycles. The van der Waals surface area contributed by atoms with Gasteiger partial charge in [0.25, 0.3) is 15.9 Å². The molecule has 0 unspecified atom stereocenters. The van der Waals surface area contributed by atoms with Gasteiger partial charge in [0.2, 0.25) is 0 Å². The molecular formula is C18H14ClFN2O4S. The molecule has 0 aliphatic carbocycles. The third-order valence-corrected chi connectivity index (χ3v) is 6.14. The summed E-state index contributed by atoms with van der Waals surface area (Å²) < 4.78 is 40.4. The summed E-state index contributed by atoms with van der Waals surface area (Å²) in [5.41, 5.74) is -0.0267. The number of hydrogen-bond donors (Lipinski definition) is 0. The van der Waals surface area contributed by atoms with Crippen LogP contribution in [0.2, 0.25) is 5.02 Å². The molecule has 0 radical (unpaired) electrons. The van der Waals surface area contributed by atoms with Crippen molar-refractivity contribution >= 4 is 27.5 Å². The molecule has 0 aliphatic rings. The predicted molar refractivity (Wildman–Crippen MR) is 98.3 cm³/mol. The number of imidazole rings is 1. The Kier molecular flexibility index (Phi) is 4.79. The second-order valence-corrected chi connectivity index (χ2v) is 8.12. The van der Waals surface area contributed by atoms with Crippen LogP contribution in [0.15, 0.2) is 58.5 Å². The summed E-state index contributed by atoms with van der Waals surface area (Å²) in [4.78, 5) is 25.0. The van der Waals surface area contributed by atoms with Crippen LogP contribution in [0.3, 0.4) is 0 Å². The van der Waals surface area contributed by atoms with Crippen LogP contribution in [-0.4, -0.2) is 22.9 Å². The van der Waals surface area contributed by atoms with Crippen molar-refractivity contribution in [3.8, 4) is 0 Å². The number of carbonyl (C=O) groups is 1. The Morgan fingerprint density at radius 1 is 1.07 bits per heavy atom. The summed E-state index contributed by atoms with van der Waals surface area (Å²) >= 11 is 5.85. The van der Waals surface area contributed by atoms with Gasteiger partial charge in [0.1, 0.15) is 5.82 Å². The molecule has 0 saturated heterocycles. The molecular weight excluding hydrogens is 395 g/mol. The Bertz CT molecular complexity index is 1210. The highest BCUT2D eigenvalue weighted by Gasteiger charge is 2.25. The largest absolute Gasteiger partial charge is 0.349 e. The lowest BCUT2D eigenvalue weighted by Gasteiger charge is -2.07. The fraction of sp³-hybridized carbons (Fsp3) is 0.111. The summed E-state index contributed by atoms with van der Waals surface area (Å²) in [6.45, 7) is 3.57. The van der Waals surface area contributed by atoms with Crippen molar-refractivity contribution in [2.75, 3.05) is 0 Å². The molecule has 0 saturated carbocycles. The van der Waals surface area contributed by atoms with Gasteiger partial charge >= 0.3 is 5.69 Å². The van der Waals surface area contributed by atoms with Gasteiger partial charge in [-0.25, -0.2) is 22.2 Å². The minimum Gasteiger partial charge on any atom is -0.268 e. The fourth-order valence-corrected chi connectivity index (χ4v) is 4.05. The molecule has 0 spiro atoms. The van der Waals surface area contributed by atoms with Crippen molar-refractivity contribution in [1.82, 2.24) is 8.54 Å². The van der Waals surface area contributed by atoms with Gasteiger partial charge in [0, 0.05) is 12.4 Å². The van der Waals surface area contributed by atoms with Gasteiger partial charge in [0.15, 0.2) is 0 Å². The maximum Gasteiger partial charge on any atom is 0.349 e. The molecule has 0 fully saturated rings. The number of aryl methyl sites for hydroxylation is 2. The van der Waals surface area contributed by atoms with Crippen LogP contribution in [0.5, 0.6) is 0 Å². The van der Waals surface area contributed by atoms with Crippen molar-refractivity contribution < 1.29 is 17.6 Å². The van der Waals surface area contributed by atoms with Gasteiger partial charge in [0.05, 0.1) is 15.5 Å². The summed E-state index contributed by atoms with van der Waals surface area (Å²) in [5, 5.41) is -0.184. The Hall–Kier alpha value is -2.71. The molecule has 6 nitrogen and oxygen atoms in total. The lowest BCUT2D eigenvalue weighted by molar-refractivity contribution is 0.0952. The quantitative estimate of drug-likeness (QED) is 0.667. The van der Waals surface area contributed by atoms with Gasteiger partial charge in [-0.2, -0.15) is 3.97 Å². The first kappa shape index (κ1) is 19.1. The fourth-order valence-electron chi connectivity index (χ4n) is 2.51. The molecule has 0 N–H and O–H groups in total. The molecule has 1 aromatic heterocycles. The van der Waals surface area contributed by atoms with Crippen LogP contribution in [0, 0.1) is 19.7 Å². The first-order valence-corrected chi connectivity index (χ1v) is 9.58. The molecule has 1 heterocycles. The molecule has 0 bridgehead atoms.